The number of nitrogens with zero attached hydrogens (tertiary/aromatic N) is 2. The molecule has 3 aromatic rings. The second-order valence-corrected chi connectivity index (χ2v) is 8.12. The zero-order chi connectivity index (χ0) is 21.3. The molecule has 1 saturated heterocycles. The number of likely N-dealkylation sites (tertiary alicyclic amines) is 1. The van der Waals surface area contributed by atoms with Crippen LogP contribution in [0.3, 0.4) is 0 Å². The van der Waals surface area contributed by atoms with Crippen molar-refractivity contribution in [3.05, 3.63) is 105 Å². The lowest BCUT2D eigenvalue weighted by Gasteiger charge is -2.25. The number of benzene rings is 2. The first-order chi connectivity index (χ1) is 14.5. The molecular weight excluding hydrogens is 444 g/mol. The SMILES string of the molecule is Cc1ccc(C(O)=C2C(=O)C(=O)N(Cc3cccnc3)C2c2ccc(Br)cc2)cc1. The van der Waals surface area contributed by atoms with Crippen LogP contribution in [0.2, 0.25) is 0 Å². The molecule has 0 spiro atoms. The van der Waals surface area contributed by atoms with Gasteiger partial charge in [-0.2, -0.15) is 0 Å². The molecule has 0 bridgehead atoms. The number of hydrogen-bond donors (Lipinski definition) is 1. The van der Waals surface area contributed by atoms with Crippen molar-refractivity contribution in [2.45, 2.75) is 19.5 Å². The van der Waals surface area contributed by atoms with Gasteiger partial charge in [-0.15, -0.1) is 0 Å². The molecule has 1 unspecified atom stereocenters. The zero-order valence-corrected chi connectivity index (χ0v) is 17.8. The maximum Gasteiger partial charge on any atom is 0.295 e. The number of Topliss-reactive ketones (excluding diaryl/α,β-unsaturated/α-hetero) is 1. The second kappa shape index (κ2) is 8.24. The van der Waals surface area contributed by atoms with E-state index in [-0.39, 0.29) is 17.9 Å². The van der Waals surface area contributed by atoms with Crippen LogP contribution in [0, 0.1) is 6.92 Å². The predicted octanol–water partition coefficient (Wildman–Crippen LogP) is 4.77. The quantitative estimate of drug-likeness (QED) is 0.344. The molecule has 0 radical (unpaired) electrons. The normalized spacial score (nSPS) is 18.1. The van der Waals surface area contributed by atoms with Gasteiger partial charge in [-0.3, -0.25) is 14.6 Å². The molecule has 150 valence electrons. The van der Waals surface area contributed by atoms with E-state index in [9.17, 15) is 14.7 Å². The van der Waals surface area contributed by atoms with Crippen molar-refractivity contribution < 1.29 is 14.7 Å². The highest BCUT2D eigenvalue weighted by atomic mass is 79.9. The number of halogens is 1. The lowest BCUT2D eigenvalue weighted by atomic mass is 9.95. The fraction of sp³-hybridized carbons (Fsp3) is 0.125. The minimum absolute atomic E-state index is 0.0927. The first kappa shape index (κ1) is 20.0. The molecule has 1 atom stereocenters. The number of aryl methyl sites for hydroxylation is 1. The smallest absolute Gasteiger partial charge is 0.295 e. The van der Waals surface area contributed by atoms with Gasteiger partial charge in [0.15, 0.2) is 0 Å². The van der Waals surface area contributed by atoms with Crippen molar-refractivity contribution in [3.8, 4) is 0 Å². The summed E-state index contributed by atoms with van der Waals surface area (Å²) in [5, 5.41) is 11.0. The van der Waals surface area contributed by atoms with Crippen molar-refractivity contribution in [3.63, 3.8) is 0 Å². The first-order valence-corrected chi connectivity index (χ1v) is 10.2. The molecule has 1 aromatic heterocycles. The molecular formula is C24H19BrN2O3. The number of ketones is 1. The number of aromatic nitrogens is 1. The molecule has 4 rings (SSSR count). The summed E-state index contributed by atoms with van der Waals surface area (Å²) in [7, 11) is 0. The fourth-order valence-corrected chi connectivity index (χ4v) is 3.85. The number of carbonyl (C=O) groups is 2. The summed E-state index contributed by atoms with van der Waals surface area (Å²) in [4.78, 5) is 31.6. The van der Waals surface area contributed by atoms with Gasteiger partial charge < -0.3 is 10.0 Å². The molecule has 5 nitrogen and oxygen atoms in total. The van der Waals surface area contributed by atoms with Crippen LogP contribution < -0.4 is 0 Å². The van der Waals surface area contributed by atoms with Gasteiger partial charge in [0.1, 0.15) is 5.76 Å². The largest absolute Gasteiger partial charge is 0.507 e. The van der Waals surface area contributed by atoms with E-state index in [1.165, 1.54) is 4.90 Å². The Morgan fingerprint density at radius 1 is 1.07 bits per heavy atom. The Labute approximate surface area is 182 Å². The van der Waals surface area contributed by atoms with E-state index in [2.05, 4.69) is 20.9 Å². The van der Waals surface area contributed by atoms with Crippen molar-refractivity contribution in [1.82, 2.24) is 9.88 Å². The van der Waals surface area contributed by atoms with Crippen LogP contribution in [-0.2, 0) is 16.1 Å². The summed E-state index contributed by atoms with van der Waals surface area (Å²) < 4.78 is 0.883. The van der Waals surface area contributed by atoms with Gasteiger partial charge in [-0.1, -0.05) is 64.0 Å². The van der Waals surface area contributed by atoms with E-state index in [0.29, 0.717) is 5.56 Å². The van der Waals surface area contributed by atoms with Gasteiger partial charge in [0.25, 0.3) is 11.7 Å². The molecule has 6 heteroatoms. The van der Waals surface area contributed by atoms with Crippen LogP contribution in [-0.4, -0.2) is 26.7 Å². The van der Waals surface area contributed by atoms with Crippen molar-refractivity contribution in [2.24, 2.45) is 0 Å². The number of amides is 1. The van der Waals surface area contributed by atoms with Crippen LogP contribution in [0.25, 0.3) is 5.76 Å². The topological polar surface area (TPSA) is 70.5 Å². The summed E-state index contributed by atoms with van der Waals surface area (Å²) in [6, 6.07) is 17.5. The number of carbonyl (C=O) groups excluding carboxylic acids is 2. The molecule has 2 heterocycles. The first-order valence-electron chi connectivity index (χ1n) is 9.45. The molecule has 2 aromatic carbocycles. The standard InChI is InChI=1S/C24H19BrN2O3/c1-15-4-6-18(7-5-15)22(28)20-21(17-8-10-19(25)11-9-17)27(24(30)23(20)29)14-16-3-2-12-26-13-16/h2-13,21,28H,14H2,1H3. The van der Waals surface area contributed by atoms with Crippen molar-refractivity contribution in [2.75, 3.05) is 0 Å². The van der Waals surface area contributed by atoms with E-state index in [0.717, 1.165) is 21.2 Å². The third kappa shape index (κ3) is 3.78. The Bertz CT molecular complexity index is 1120. The fourth-order valence-electron chi connectivity index (χ4n) is 3.59. The zero-order valence-electron chi connectivity index (χ0n) is 16.2. The maximum atomic E-state index is 13.0. The Kier molecular flexibility index (Phi) is 5.50. The van der Waals surface area contributed by atoms with Crippen LogP contribution >= 0.6 is 15.9 Å². The molecule has 1 N–H and O–H groups in total. The summed E-state index contributed by atoms with van der Waals surface area (Å²) in [5.41, 5.74) is 3.18. The van der Waals surface area contributed by atoms with E-state index in [1.807, 2.05) is 49.4 Å². The number of pyridine rings is 1. The maximum absolute atomic E-state index is 13.0. The van der Waals surface area contributed by atoms with Crippen LogP contribution in [0.5, 0.6) is 0 Å². The van der Waals surface area contributed by atoms with Gasteiger partial charge >= 0.3 is 0 Å². The molecule has 1 aliphatic heterocycles. The molecule has 0 saturated carbocycles. The summed E-state index contributed by atoms with van der Waals surface area (Å²) in [6.45, 7) is 2.16. The molecule has 1 aliphatic rings. The highest BCUT2D eigenvalue weighted by Crippen LogP contribution is 2.40. The lowest BCUT2D eigenvalue weighted by molar-refractivity contribution is -0.140. The Balaban J connectivity index is 1.85. The molecule has 30 heavy (non-hydrogen) atoms. The summed E-state index contributed by atoms with van der Waals surface area (Å²) >= 11 is 3.42. The van der Waals surface area contributed by atoms with Crippen LogP contribution in [0.15, 0.2) is 83.1 Å². The van der Waals surface area contributed by atoms with Crippen molar-refractivity contribution >= 4 is 33.4 Å². The molecule has 1 fully saturated rings. The third-order valence-electron chi connectivity index (χ3n) is 5.13. The van der Waals surface area contributed by atoms with Crippen molar-refractivity contribution in [1.29, 1.82) is 0 Å². The lowest BCUT2D eigenvalue weighted by Crippen LogP contribution is -2.29. The van der Waals surface area contributed by atoms with Crippen LogP contribution in [0.1, 0.15) is 28.3 Å². The average Bonchev–Trinajstić information content (AvgIpc) is 3.00. The number of aliphatic hydroxyl groups is 1. The van der Waals surface area contributed by atoms with E-state index in [1.54, 1.807) is 30.6 Å². The number of aliphatic hydroxyl groups excluding tert-OH is 1. The molecule has 1 amide bonds. The third-order valence-corrected chi connectivity index (χ3v) is 5.66. The number of hydrogen-bond acceptors (Lipinski definition) is 4. The highest BCUT2D eigenvalue weighted by molar-refractivity contribution is 9.10. The Morgan fingerprint density at radius 2 is 1.77 bits per heavy atom. The second-order valence-electron chi connectivity index (χ2n) is 7.21. The van der Waals surface area contributed by atoms with Gasteiger partial charge in [0, 0.05) is 29.0 Å². The summed E-state index contributed by atoms with van der Waals surface area (Å²) in [5.74, 6) is -1.50. The minimum Gasteiger partial charge on any atom is -0.507 e. The average molecular weight is 463 g/mol. The van der Waals surface area contributed by atoms with E-state index >= 15 is 0 Å². The van der Waals surface area contributed by atoms with Gasteiger partial charge in [-0.05, 0) is 36.2 Å². The van der Waals surface area contributed by atoms with E-state index in [4.69, 9.17) is 0 Å². The van der Waals surface area contributed by atoms with Gasteiger partial charge in [-0.25, -0.2) is 0 Å². The van der Waals surface area contributed by atoms with E-state index < -0.39 is 17.7 Å². The number of rotatable bonds is 4. The summed E-state index contributed by atoms with van der Waals surface area (Å²) in [6.07, 6.45) is 3.32. The Hall–Kier alpha value is -3.25. The monoisotopic (exact) mass is 462 g/mol. The highest BCUT2D eigenvalue weighted by Gasteiger charge is 2.46. The van der Waals surface area contributed by atoms with Gasteiger partial charge in [0.05, 0.1) is 11.6 Å². The minimum atomic E-state index is -0.695. The predicted molar refractivity (Wildman–Crippen MR) is 117 cm³/mol. The van der Waals surface area contributed by atoms with Gasteiger partial charge in [0.2, 0.25) is 0 Å². The van der Waals surface area contributed by atoms with Crippen LogP contribution in [0.4, 0.5) is 0 Å². The Morgan fingerprint density at radius 3 is 2.40 bits per heavy atom. The molecule has 0 aliphatic carbocycles.